The molecule has 0 bridgehead atoms. The number of para-hydroxylation sites is 1. The van der Waals surface area contributed by atoms with Gasteiger partial charge in [-0.25, -0.2) is 0 Å². The summed E-state index contributed by atoms with van der Waals surface area (Å²) in [5.74, 6) is 0.327. The second kappa shape index (κ2) is 5.29. The minimum Gasteiger partial charge on any atom is -0.451 e. The summed E-state index contributed by atoms with van der Waals surface area (Å²) in [4.78, 5) is 14.4. The Morgan fingerprint density at radius 1 is 1.50 bits per heavy atom. The van der Waals surface area contributed by atoms with Crippen LogP contribution in [0.4, 0.5) is 0 Å². The molecule has 1 aliphatic heterocycles. The van der Waals surface area contributed by atoms with Gasteiger partial charge in [-0.1, -0.05) is 18.2 Å². The highest BCUT2D eigenvalue weighted by atomic mass is 16.3. The number of amides is 1. The van der Waals surface area contributed by atoms with E-state index in [0.717, 1.165) is 30.4 Å². The van der Waals surface area contributed by atoms with E-state index in [0.29, 0.717) is 12.2 Å². The van der Waals surface area contributed by atoms with Crippen molar-refractivity contribution < 1.29 is 14.3 Å². The topological polar surface area (TPSA) is 53.7 Å². The third kappa shape index (κ3) is 2.43. The largest absolute Gasteiger partial charge is 0.451 e. The zero-order chi connectivity index (χ0) is 14.1. The molecule has 3 rings (SSSR count). The fourth-order valence-electron chi connectivity index (χ4n) is 2.97. The van der Waals surface area contributed by atoms with Crippen molar-refractivity contribution in [1.29, 1.82) is 0 Å². The lowest BCUT2D eigenvalue weighted by atomic mass is 10.1. The summed E-state index contributed by atoms with van der Waals surface area (Å²) in [5.41, 5.74) is 0.738. The van der Waals surface area contributed by atoms with Gasteiger partial charge in [0.2, 0.25) is 0 Å². The van der Waals surface area contributed by atoms with Gasteiger partial charge in [-0.3, -0.25) is 4.79 Å². The van der Waals surface area contributed by atoms with Crippen molar-refractivity contribution >= 4 is 16.9 Å². The molecule has 20 heavy (non-hydrogen) atoms. The molecule has 1 saturated heterocycles. The Balaban J connectivity index is 1.84. The van der Waals surface area contributed by atoms with Crippen LogP contribution in [-0.4, -0.2) is 34.6 Å². The highest BCUT2D eigenvalue weighted by Crippen LogP contribution is 2.26. The molecule has 106 valence electrons. The van der Waals surface area contributed by atoms with Crippen LogP contribution >= 0.6 is 0 Å². The van der Waals surface area contributed by atoms with Gasteiger partial charge in [-0.2, -0.15) is 0 Å². The Morgan fingerprint density at radius 3 is 3.05 bits per heavy atom. The number of hydrogen-bond acceptors (Lipinski definition) is 3. The van der Waals surface area contributed by atoms with E-state index >= 15 is 0 Å². The van der Waals surface area contributed by atoms with E-state index in [1.165, 1.54) is 0 Å². The van der Waals surface area contributed by atoms with Crippen molar-refractivity contribution in [3.8, 4) is 0 Å². The maximum atomic E-state index is 12.6. The first-order valence-corrected chi connectivity index (χ1v) is 7.13. The van der Waals surface area contributed by atoms with Gasteiger partial charge in [0.15, 0.2) is 5.76 Å². The molecule has 2 unspecified atom stereocenters. The van der Waals surface area contributed by atoms with E-state index in [1.54, 1.807) is 13.0 Å². The van der Waals surface area contributed by atoms with Gasteiger partial charge in [0.1, 0.15) is 5.58 Å². The van der Waals surface area contributed by atoms with Crippen LogP contribution in [-0.2, 0) is 0 Å². The molecule has 1 N–H and O–H groups in total. The van der Waals surface area contributed by atoms with Crippen LogP contribution in [0.3, 0.4) is 0 Å². The van der Waals surface area contributed by atoms with Crippen molar-refractivity contribution in [2.45, 2.75) is 38.3 Å². The van der Waals surface area contributed by atoms with E-state index < -0.39 is 0 Å². The van der Waals surface area contributed by atoms with Crippen LogP contribution in [0.15, 0.2) is 34.7 Å². The first-order chi connectivity index (χ1) is 9.65. The van der Waals surface area contributed by atoms with Crippen molar-refractivity contribution in [2.24, 2.45) is 0 Å². The predicted octanol–water partition coefficient (Wildman–Crippen LogP) is 2.81. The number of aliphatic hydroxyl groups excluding tert-OH is 1. The van der Waals surface area contributed by atoms with E-state index in [-0.39, 0.29) is 18.1 Å². The van der Waals surface area contributed by atoms with Crippen molar-refractivity contribution in [1.82, 2.24) is 4.90 Å². The van der Waals surface area contributed by atoms with E-state index in [1.807, 2.05) is 29.2 Å². The minimum absolute atomic E-state index is 0.0654. The number of benzene rings is 1. The molecular weight excluding hydrogens is 254 g/mol. The number of furan rings is 1. The molecule has 1 aromatic carbocycles. The summed E-state index contributed by atoms with van der Waals surface area (Å²) in [7, 11) is 0. The number of carbonyl (C=O) groups excluding carboxylic acids is 1. The molecule has 4 heteroatoms. The normalized spacial score (nSPS) is 20.5. The lowest BCUT2D eigenvalue weighted by Gasteiger charge is -2.24. The second-order valence-corrected chi connectivity index (χ2v) is 5.53. The molecule has 0 aliphatic carbocycles. The van der Waals surface area contributed by atoms with Gasteiger partial charge in [0.25, 0.3) is 5.91 Å². The second-order valence-electron chi connectivity index (χ2n) is 5.53. The van der Waals surface area contributed by atoms with Crippen LogP contribution in [0.2, 0.25) is 0 Å². The molecular formula is C16H19NO3. The minimum atomic E-state index is -0.385. The highest BCUT2D eigenvalue weighted by Gasteiger charge is 2.31. The third-order valence-corrected chi connectivity index (χ3v) is 3.89. The standard InChI is InChI=1S/C16H19NO3/c1-11(18)9-13-6-4-8-17(13)16(19)15-10-12-5-2-3-7-14(12)20-15/h2-3,5,7,10-11,13,18H,4,6,8-9H2,1H3. The molecule has 0 spiro atoms. The molecule has 0 radical (unpaired) electrons. The average molecular weight is 273 g/mol. The van der Waals surface area contributed by atoms with Gasteiger partial charge in [-0.05, 0) is 38.3 Å². The van der Waals surface area contributed by atoms with Gasteiger partial charge < -0.3 is 14.4 Å². The lowest BCUT2D eigenvalue weighted by molar-refractivity contribution is 0.0653. The maximum Gasteiger partial charge on any atom is 0.289 e. The van der Waals surface area contributed by atoms with E-state index in [2.05, 4.69) is 0 Å². The smallest absolute Gasteiger partial charge is 0.289 e. The van der Waals surface area contributed by atoms with E-state index in [4.69, 9.17) is 4.42 Å². The Labute approximate surface area is 118 Å². The monoisotopic (exact) mass is 273 g/mol. The number of hydrogen-bond donors (Lipinski definition) is 1. The number of nitrogens with zero attached hydrogens (tertiary/aromatic N) is 1. The molecule has 2 atom stereocenters. The fourth-order valence-corrected chi connectivity index (χ4v) is 2.97. The molecule has 1 aliphatic rings. The number of likely N-dealkylation sites (tertiary alicyclic amines) is 1. The molecule has 1 fully saturated rings. The van der Waals surface area contributed by atoms with Crippen LogP contribution < -0.4 is 0 Å². The van der Waals surface area contributed by atoms with Crippen molar-refractivity contribution in [2.75, 3.05) is 6.54 Å². The SMILES string of the molecule is CC(O)CC1CCCN1C(=O)c1cc2ccccc2o1. The van der Waals surface area contributed by atoms with Gasteiger partial charge in [0.05, 0.1) is 6.10 Å². The quantitative estimate of drug-likeness (QED) is 0.935. The van der Waals surface area contributed by atoms with Gasteiger partial charge in [0, 0.05) is 18.0 Å². The third-order valence-electron chi connectivity index (χ3n) is 3.89. The summed E-state index contributed by atoms with van der Waals surface area (Å²) in [6.45, 7) is 2.51. The molecule has 2 aromatic rings. The maximum absolute atomic E-state index is 12.6. The highest BCUT2D eigenvalue weighted by molar-refractivity contribution is 5.96. The predicted molar refractivity (Wildman–Crippen MR) is 76.6 cm³/mol. The number of carbonyl (C=O) groups is 1. The van der Waals surface area contributed by atoms with E-state index in [9.17, 15) is 9.90 Å². The summed E-state index contributed by atoms with van der Waals surface area (Å²) in [5, 5.41) is 10.5. The Kier molecular flexibility index (Phi) is 3.49. The first-order valence-electron chi connectivity index (χ1n) is 7.13. The van der Waals surface area contributed by atoms with Gasteiger partial charge >= 0.3 is 0 Å². The lowest BCUT2D eigenvalue weighted by Crippen LogP contribution is -2.37. The van der Waals surface area contributed by atoms with Crippen LogP contribution in [0.5, 0.6) is 0 Å². The summed E-state index contributed by atoms with van der Waals surface area (Å²) in [6, 6.07) is 9.55. The molecule has 1 amide bonds. The molecule has 2 heterocycles. The van der Waals surface area contributed by atoms with Gasteiger partial charge in [-0.15, -0.1) is 0 Å². The van der Waals surface area contributed by atoms with Crippen molar-refractivity contribution in [3.05, 3.63) is 36.1 Å². The zero-order valence-corrected chi connectivity index (χ0v) is 11.6. The first kappa shape index (κ1) is 13.2. The Hall–Kier alpha value is -1.81. The fraction of sp³-hybridized carbons (Fsp3) is 0.438. The Morgan fingerprint density at radius 2 is 2.30 bits per heavy atom. The summed E-state index contributed by atoms with van der Waals surface area (Å²) >= 11 is 0. The molecule has 1 aromatic heterocycles. The summed E-state index contributed by atoms with van der Waals surface area (Å²) in [6.07, 6.45) is 2.19. The molecule has 0 saturated carbocycles. The van der Waals surface area contributed by atoms with Crippen LogP contribution in [0, 0.1) is 0 Å². The number of rotatable bonds is 3. The van der Waals surface area contributed by atoms with Crippen molar-refractivity contribution in [3.63, 3.8) is 0 Å². The number of aliphatic hydroxyl groups is 1. The van der Waals surface area contributed by atoms with Crippen LogP contribution in [0.25, 0.3) is 11.0 Å². The zero-order valence-electron chi connectivity index (χ0n) is 11.6. The summed E-state index contributed by atoms with van der Waals surface area (Å²) < 4.78 is 5.64. The Bertz CT molecular complexity index is 584. The average Bonchev–Trinajstić information content (AvgIpc) is 3.03. The van der Waals surface area contributed by atoms with Crippen LogP contribution in [0.1, 0.15) is 36.7 Å². The molecule has 4 nitrogen and oxygen atoms in total. The number of fused-ring (bicyclic) bond motifs is 1.